The van der Waals surface area contributed by atoms with E-state index in [2.05, 4.69) is 0 Å². The van der Waals surface area contributed by atoms with Gasteiger partial charge in [-0.1, -0.05) is 0 Å². The van der Waals surface area contributed by atoms with Gasteiger partial charge in [0.2, 0.25) is 0 Å². The zero-order valence-electron chi connectivity index (χ0n) is 10.7. The van der Waals surface area contributed by atoms with Crippen LogP contribution in [0.1, 0.15) is 42.6 Å². The van der Waals surface area contributed by atoms with E-state index < -0.39 is 0 Å². The number of ether oxygens (including phenoxy) is 1. The number of carbonyl (C=O) groups excluding carboxylic acids is 1. The summed E-state index contributed by atoms with van der Waals surface area (Å²) >= 11 is 0. The van der Waals surface area contributed by atoms with Crippen LogP contribution in [0.15, 0.2) is 17.8 Å². The van der Waals surface area contributed by atoms with E-state index in [4.69, 9.17) is 16.2 Å². The Bertz CT molecular complexity index is 513. The molecule has 1 saturated carbocycles. The molecule has 1 aliphatic carbocycles. The van der Waals surface area contributed by atoms with Crippen molar-refractivity contribution in [3.05, 3.63) is 29.0 Å². The molecule has 0 atom stereocenters. The van der Waals surface area contributed by atoms with Gasteiger partial charge in [0.05, 0.1) is 11.8 Å². The van der Waals surface area contributed by atoms with E-state index in [1.165, 1.54) is 6.92 Å². The Hall–Kier alpha value is -1.97. The first-order chi connectivity index (χ1) is 8.47. The van der Waals surface area contributed by atoms with Crippen LogP contribution in [-0.2, 0) is 0 Å². The van der Waals surface area contributed by atoms with Gasteiger partial charge in [-0.25, -0.2) is 0 Å². The average molecular weight is 246 g/mol. The maximum absolute atomic E-state index is 11.5. The van der Waals surface area contributed by atoms with Crippen molar-refractivity contribution in [3.63, 3.8) is 0 Å². The van der Waals surface area contributed by atoms with Gasteiger partial charge in [-0.2, -0.15) is 0 Å². The van der Waals surface area contributed by atoms with Gasteiger partial charge in [-0.3, -0.25) is 4.79 Å². The monoisotopic (exact) mass is 246 g/mol. The van der Waals surface area contributed by atoms with Crippen LogP contribution in [0.25, 0.3) is 6.08 Å². The number of carbonyl (C=O) groups is 1. The normalized spacial score (nSPS) is 15.6. The van der Waals surface area contributed by atoms with Gasteiger partial charge in [0, 0.05) is 16.8 Å². The summed E-state index contributed by atoms with van der Waals surface area (Å²) < 4.78 is 5.72. The standard InChI is InChI=1S/C14H18N2O2/c1-8(15)5-11-6-10(9(2)17)7-13(14(11)16)18-12-3-4-12/h5-7,12H,3-4,15-16H2,1-2H3/b8-5-. The molecular weight excluding hydrogens is 228 g/mol. The zero-order chi connectivity index (χ0) is 13.3. The third-order valence-corrected chi connectivity index (χ3v) is 2.78. The number of hydrogen-bond donors (Lipinski definition) is 2. The largest absolute Gasteiger partial charge is 0.488 e. The van der Waals surface area contributed by atoms with E-state index in [0.29, 0.717) is 22.7 Å². The van der Waals surface area contributed by atoms with Crippen LogP contribution < -0.4 is 16.2 Å². The fourth-order valence-corrected chi connectivity index (χ4v) is 1.68. The highest BCUT2D eigenvalue weighted by molar-refractivity contribution is 5.96. The molecule has 1 aromatic carbocycles. The van der Waals surface area contributed by atoms with Gasteiger partial charge >= 0.3 is 0 Å². The minimum absolute atomic E-state index is 0.0139. The lowest BCUT2D eigenvalue weighted by atomic mass is 10.0. The van der Waals surface area contributed by atoms with E-state index >= 15 is 0 Å². The lowest BCUT2D eigenvalue weighted by molar-refractivity contribution is 0.101. The van der Waals surface area contributed by atoms with Crippen molar-refractivity contribution in [3.8, 4) is 5.75 Å². The minimum atomic E-state index is -0.0139. The van der Waals surface area contributed by atoms with Crippen molar-refractivity contribution in [2.24, 2.45) is 5.73 Å². The Morgan fingerprint density at radius 2 is 2.06 bits per heavy atom. The van der Waals surface area contributed by atoms with Gasteiger partial charge in [0.15, 0.2) is 5.78 Å². The van der Waals surface area contributed by atoms with Crippen molar-refractivity contribution in [2.45, 2.75) is 32.8 Å². The first-order valence-electron chi connectivity index (χ1n) is 6.02. The van der Waals surface area contributed by atoms with Gasteiger partial charge < -0.3 is 16.2 Å². The summed E-state index contributed by atoms with van der Waals surface area (Å²) in [6.45, 7) is 3.30. The van der Waals surface area contributed by atoms with Gasteiger partial charge in [0.25, 0.3) is 0 Å². The summed E-state index contributed by atoms with van der Waals surface area (Å²) in [4.78, 5) is 11.5. The van der Waals surface area contributed by atoms with Crippen LogP contribution in [0.5, 0.6) is 5.75 Å². The predicted octanol–water partition coefficient (Wildman–Crippen LogP) is 2.33. The molecule has 0 saturated heterocycles. The molecule has 4 heteroatoms. The van der Waals surface area contributed by atoms with Crippen molar-refractivity contribution in [2.75, 3.05) is 5.73 Å². The summed E-state index contributed by atoms with van der Waals surface area (Å²) in [5.74, 6) is 0.567. The molecule has 0 radical (unpaired) electrons. The number of Topliss-reactive ketones (excluding diaryl/α,β-unsaturated/α-hetero) is 1. The lowest BCUT2D eigenvalue weighted by Gasteiger charge is -2.12. The summed E-state index contributed by atoms with van der Waals surface area (Å²) in [6.07, 6.45) is 4.09. The first-order valence-corrected chi connectivity index (χ1v) is 6.02. The molecular formula is C14H18N2O2. The third kappa shape index (κ3) is 2.83. The number of benzene rings is 1. The van der Waals surface area contributed by atoms with Crippen molar-refractivity contribution < 1.29 is 9.53 Å². The fraction of sp³-hybridized carbons (Fsp3) is 0.357. The molecule has 0 bridgehead atoms. The predicted molar refractivity (Wildman–Crippen MR) is 72.3 cm³/mol. The van der Waals surface area contributed by atoms with Crippen LogP contribution in [0.2, 0.25) is 0 Å². The second kappa shape index (κ2) is 4.72. The first kappa shape index (κ1) is 12.5. The van der Waals surface area contributed by atoms with Crippen molar-refractivity contribution in [1.82, 2.24) is 0 Å². The molecule has 4 N–H and O–H groups in total. The van der Waals surface area contributed by atoms with E-state index in [-0.39, 0.29) is 11.9 Å². The van der Waals surface area contributed by atoms with Gasteiger partial charge in [0.1, 0.15) is 5.75 Å². The number of ketones is 1. The Kier molecular flexibility index (Phi) is 3.28. The Morgan fingerprint density at radius 1 is 1.39 bits per heavy atom. The van der Waals surface area contributed by atoms with Crippen LogP contribution in [0.3, 0.4) is 0 Å². The molecule has 1 aliphatic rings. The average Bonchev–Trinajstić information content (AvgIpc) is 3.06. The molecule has 2 rings (SSSR count). The number of nitrogen functional groups attached to an aromatic ring is 1. The van der Waals surface area contributed by atoms with E-state index in [9.17, 15) is 4.79 Å². The Labute approximate surface area is 107 Å². The molecule has 0 spiro atoms. The summed E-state index contributed by atoms with van der Waals surface area (Å²) in [7, 11) is 0. The SMILES string of the molecule is CC(=O)c1cc(/C=C(/C)N)c(N)c(OC2CC2)c1. The summed E-state index contributed by atoms with van der Waals surface area (Å²) in [5, 5.41) is 0. The molecule has 4 nitrogen and oxygen atoms in total. The highest BCUT2D eigenvalue weighted by Gasteiger charge is 2.25. The molecule has 96 valence electrons. The molecule has 0 aliphatic heterocycles. The van der Waals surface area contributed by atoms with Gasteiger partial charge in [-0.15, -0.1) is 0 Å². The molecule has 0 aromatic heterocycles. The third-order valence-electron chi connectivity index (χ3n) is 2.78. The lowest BCUT2D eigenvalue weighted by Crippen LogP contribution is -2.05. The van der Waals surface area contributed by atoms with Crippen LogP contribution in [0, 0.1) is 0 Å². The van der Waals surface area contributed by atoms with Crippen molar-refractivity contribution in [1.29, 1.82) is 0 Å². The van der Waals surface area contributed by atoms with Crippen LogP contribution in [-0.4, -0.2) is 11.9 Å². The highest BCUT2D eigenvalue weighted by Crippen LogP contribution is 2.34. The highest BCUT2D eigenvalue weighted by atomic mass is 16.5. The van der Waals surface area contributed by atoms with E-state index in [0.717, 1.165) is 18.4 Å². The summed E-state index contributed by atoms with van der Waals surface area (Å²) in [5.41, 5.74) is 14.2. The quantitative estimate of drug-likeness (QED) is 0.631. The topological polar surface area (TPSA) is 78.3 Å². The number of nitrogens with two attached hydrogens (primary N) is 2. The van der Waals surface area contributed by atoms with Crippen LogP contribution in [0.4, 0.5) is 5.69 Å². The molecule has 1 fully saturated rings. The minimum Gasteiger partial charge on any atom is -0.488 e. The molecule has 1 aromatic rings. The molecule has 0 amide bonds. The number of allylic oxidation sites excluding steroid dienone is 1. The van der Waals surface area contributed by atoms with E-state index in [1.54, 1.807) is 25.1 Å². The molecule has 18 heavy (non-hydrogen) atoms. The number of rotatable bonds is 4. The van der Waals surface area contributed by atoms with Crippen LogP contribution >= 0.6 is 0 Å². The fourth-order valence-electron chi connectivity index (χ4n) is 1.68. The number of anilines is 1. The smallest absolute Gasteiger partial charge is 0.159 e. The molecule has 0 unspecified atom stereocenters. The maximum Gasteiger partial charge on any atom is 0.159 e. The van der Waals surface area contributed by atoms with E-state index in [1.807, 2.05) is 0 Å². The summed E-state index contributed by atoms with van der Waals surface area (Å²) in [6, 6.07) is 3.45. The zero-order valence-corrected chi connectivity index (χ0v) is 10.7. The maximum atomic E-state index is 11.5. The Morgan fingerprint density at radius 3 is 2.56 bits per heavy atom. The second-order valence-electron chi connectivity index (χ2n) is 4.74. The van der Waals surface area contributed by atoms with Crippen molar-refractivity contribution >= 4 is 17.5 Å². The number of hydrogen-bond acceptors (Lipinski definition) is 4. The second-order valence-corrected chi connectivity index (χ2v) is 4.74. The van der Waals surface area contributed by atoms with Gasteiger partial charge in [-0.05, 0) is 44.9 Å². The molecule has 0 heterocycles. The Balaban J connectivity index is 2.46.